The van der Waals surface area contributed by atoms with Crippen molar-refractivity contribution in [1.82, 2.24) is 4.90 Å². The molecule has 1 saturated carbocycles. The number of aryl methyl sites for hydroxylation is 1. The molecule has 8 heteroatoms. The van der Waals surface area contributed by atoms with Gasteiger partial charge in [0.25, 0.3) is 10.0 Å². The van der Waals surface area contributed by atoms with Crippen LogP contribution in [0.5, 0.6) is 0 Å². The van der Waals surface area contributed by atoms with E-state index < -0.39 is 10.0 Å². The zero-order chi connectivity index (χ0) is 21.5. The van der Waals surface area contributed by atoms with Crippen molar-refractivity contribution >= 4 is 39.1 Å². The monoisotopic (exact) mass is 446 g/mol. The Kier molecular flexibility index (Phi) is 5.59. The summed E-state index contributed by atoms with van der Waals surface area (Å²) in [5.41, 5.74) is 1.45. The van der Waals surface area contributed by atoms with Gasteiger partial charge in [-0.05, 0) is 49.1 Å². The van der Waals surface area contributed by atoms with E-state index in [-0.39, 0.29) is 40.8 Å². The molecular formula is C22H23ClN2O4S. The van der Waals surface area contributed by atoms with Crippen LogP contribution < -0.4 is 4.72 Å². The maximum atomic E-state index is 13.0. The van der Waals surface area contributed by atoms with Crippen LogP contribution in [-0.4, -0.2) is 25.1 Å². The summed E-state index contributed by atoms with van der Waals surface area (Å²) >= 11 is 6.09. The van der Waals surface area contributed by atoms with Crippen molar-refractivity contribution in [3.05, 3.63) is 58.6 Å². The molecule has 2 aromatic rings. The van der Waals surface area contributed by atoms with Crippen LogP contribution in [0, 0.1) is 18.8 Å². The molecule has 2 aromatic carbocycles. The van der Waals surface area contributed by atoms with Crippen molar-refractivity contribution in [1.29, 1.82) is 0 Å². The van der Waals surface area contributed by atoms with Crippen LogP contribution >= 0.6 is 11.6 Å². The summed E-state index contributed by atoms with van der Waals surface area (Å²) in [6, 6.07) is 11.6. The molecule has 0 aromatic heterocycles. The van der Waals surface area contributed by atoms with Crippen molar-refractivity contribution in [2.75, 3.05) is 4.72 Å². The molecule has 2 amide bonds. The van der Waals surface area contributed by atoms with E-state index in [0.29, 0.717) is 16.1 Å². The smallest absolute Gasteiger partial charge is 0.262 e. The highest BCUT2D eigenvalue weighted by molar-refractivity contribution is 7.92. The predicted molar refractivity (Wildman–Crippen MR) is 114 cm³/mol. The number of fused-ring (bicyclic) bond motifs is 1. The van der Waals surface area contributed by atoms with E-state index in [0.717, 1.165) is 25.7 Å². The Morgan fingerprint density at radius 1 is 1.03 bits per heavy atom. The van der Waals surface area contributed by atoms with Crippen molar-refractivity contribution in [2.24, 2.45) is 11.8 Å². The second-order valence-corrected chi connectivity index (χ2v) is 10.0. The standard InChI is InChI=1S/C22H23ClN2O4S/c1-14-10-11-15(13-25-21(26)16-6-2-3-7-17(16)22(25)27)12-20(14)30(28,29)24-19-9-5-4-8-18(19)23/h4-5,8-12,16-17,24H,2-3,6-7,13H2,1H3/t16-,17+. The van der Waals surface area contributed by atoms with Gasteiger partial charge in [0.2, 0.25) is 11.8 Å². The summed E-state index contributed by atoms with van der Waals surface area (Å²) in [5.74, 6) is -0.712. The van der Waals surface area contributed by atoms with Gasteiger partial charge in [0.1, 0.15) is 0 Å². The lowest BCUT2D eigenvalue weighted by Crippen LogP contribution is -2.30. The quantitative estimate of drug-likeness (QED) is 0.700. The number of amides is 2. The SMILES string of the molecule is Cc1ccc(CN2C(=O)[C@H]3CCCC[C@H]3C2=O)cc1S(=O)(=O)Nc1ccccc1Cl. The van der Waals surface area contributed by atoms with Crippen molar-refractivity contribution in [3.8, 4) is 0 Å². The largest absolute Gasteiger partial charge is 0.278 e. The summed E-state index contributed by atoms with van der Waals surface area (Å²) in [5, 5.41) is 0.297. The minimum absolute atomic E-state index is 0.0829. The topological polar surface area (TPSA) is 83.6 Å². The zero-order valence-electron chi connectivity index (χ0n) is 16.6. The van der Waals surface area contributed by atoms with E-state index >= 15 is 0 Å². The second kappa shape index (κ2) is 8.04. The number of para-hydroxylation sites is 1. The number of rotatable bonds is 5. The van der Waals surface area contributed by atoms with E-state index in [1.165, 1.54) is 11.0 Å². The Bertz CT molecular complexity index is 1090. The lowest BCUT2D eigenvalue weighted by molar-refractivity contribution is -0.140. The first-order chi connectivity index (χ1) is 14.3. The first kappa shape index (κ1) is 20.9. The molecule has 30 heavy (non-hydrogen) atoms. The number of hydrogen-bond donors (Lipinski definition) is 1. The molecule has 2 atom stereocenters. The highest BCUT2D eigenvalue weighted by Crippen LogP contribution is 2.38. The Morgan fingerprint density at radius 3 is 2.30 bits per heavy atom. The molecule has 2 fully saturated rings. The number of halogens is 1. The van der Waals surface area contributed by atoms with Gasteiger partial charge in [-0.2, -0.15) is 0 Å². The maximum absolute atomic E-state index is 13.0. The number of carbonyl (C=O) groups is 2. The summed E-state index contributed by atoms with van der Waals surface area (Å²) in [7, 11) is -3.89. The summed E-state index contributed by atoms with van der Waals surface area (Å²) < 4.78 is 28.5. The zero-order valence-corrected chi connectivity index (χ0v) is 18.2. The van der Waals surface area contributed by atoms with E-state index in [1.54, 1.807) is 43.3 Å². The molecule has 2 aliphatic rings. The molecule has 4 rings (SSSR count). The molecule has 1 aliphatic carbocycles. The number of hydrogen-bond acceptors (Lipinski definition) is 4. The van der Waals surface area contributed by atoms with Crippen molar-refractivity contribution in [3.63, 3.8) is 0 Å². The average molecular weight is 447 g/mol. The minimum atomic E-state index is -3.89. The van der Waals surface area contributed by atoms with Gasteiger partial charge in [0.05, 0.1) is 34.0 Å². The molecular weight excluding hydrogens is 424 g/mol. The maximum Gasteiger partial charge on any atom is 0.262 e. The van der Waals surface area contributed by atoms with Crippen LogP contribution in [0.2, 0.25) is 5.02 Å². The molecule has 0 unspecified atom stereocenters. The highest BCUT2D eigenvalue weighted by Gasteiger charge is 2.47. The molecule has 1 N–H and O–H groups in total. The molecule has 1 heterocycles. The molecule has 1 aliphatic heterocycles. The molecule has 6 nitrogen and oxygen atoms in total. The van der Waals surface area contributed by atoms with E-state index in [2.05, 4.69) is 4.72 Å². The highest BCUT2D eigenvalue weighted by atomic mass is 35.5. The van der Waals surface area contributed by atoms with Gasteiger partial charge in [-0.3, -0.25) is 19.2 Å². The van der Waals surface area contributed by atoms with Crippen LogP contribution in [0.1, 0.15) is 36.8 Å². The van der Waals surface area contributed by atoms with Crippen LogP contribution in [0.4, 0.5) is 5.69 Å². The van der Waals surface area contributed by atoms with Crippen LogP contribution in [0.15, 0.2) is 47.4 Å². The number of nitrogens with zero attached hydrogens (tertiary/aromatic N) is 1. The number of carbonyl (C=O) groups excluding carboxylic acids is 2. The third-order valence-electron chi connectivity index (χ3n) is 5.93. The fourth-order valence-corrected chi connectivity index (χ4v) is 5.96. The van der Waals surface area contributed by atoms with E-state index in [1.807, 2.05) is 0 Å². The first-order valence-corrected chi connectivity index (χ1v) is 11.9. The van der Waals surface area contributed by atoms with Gasteiger partial charge < -0.3 is 0 Å². The minimum Gasteiger partial charge on any atom is -0.278 e. The van der Waals surface area contributed by atoms with E-state index in [9.17, 15) is 18.0 Å². The summed E-state index contributed by atoms with van der Waals surface area (Å²) in [4.78, 5) is 26.9. The first-order valence-electron chi connectivity index (χ1n) is 10.00. The molecule has 0 spiro atoms. The number of nitrogens with one attached hydrogen (secondary N) is 1. The van der Waals surface area contributed by atoms with Crippen LogP contribution in [-0.2, 0) is 26.2 Å². The number of anilines is 1. The van der Waals surface area contributed by atoms with Crippen LogP contribution in [0.3, 0.4) is 0 Å². The fourth-order valence-electron chi connectivity index (χ4n) is 4.35. The molecule has 0 bridgehead atoms. The Morgan fingerprint density at radius 2 is 1.67 bits per heavy atom. The molecule has 0 radical (unpaired) electrons. The summed E-state index contributed by atoms with van der Waals surface area (Å²) in [6.45, 7) is 1.78. The number of likely N-dealkylation sites (tertiary alicyclic amines) is 1. The molecule has 158 valence electrons. The van der Waals surface area contributed by atoms with Gasteiger partial charge in [-0.25, -0.2) is 8.42 Å². The Hall–Kier alpha value is -2.38. The Balaban J connectivity index is 1.60. The third kappa shape index (κ3) is 3.84. The van der Waals surface area contributed by atoms with Crippen molar-refractivity contribution < 1.29 is 18.0 Å². The number of sulfonamides is 1. The summed E-state index contributed by atoms with van der Waals surface area (Å²) in [6.07, 6.45) is 3.44. The van der Waals surface area contributed by atoms with Crippen molar-refractivity contribution in [2.45, 2.75) is 44.0 Å². The fraction of sp³-hybridized carbons (Fsp3) is 0.364. The average Bonchev–Trinajstić information content (AvgIpc) is 2.96. The van der Waals surface area contributed by atoms with E-state index in [4.69, 9.17) is 11.6 Å². The van der Waals surface area contributed by atoms with Gasteiger partial charge in [0.15, 0.2) is 0 Å². The number of benzene rings is 2. The lowest BCUT2D eigenvalue weighted by atomic mass is 9.81. The van der Waals surface area contributed by atoms with Gasteiger partial charge in [0, 0.05) is 0 Å². The number of imide groups is 1. The van der Waals surface area contributed by atoms with Crippen LogP contribution in [0.25, 0.3) is 0 Å². The third-order valence-corrected chi connectivity index (χ3v) is 7.77. The van der Waals surface area contributed by atoms with Gasteiger partial charge in [-0.15, -0.1) is 0 Å². The van der Waals surface area contributed by atoms with Gasteiger partial charge >= 0.3 is 0 Å². The van der Waals surface area contributed by atoms with Gasteiger partial charge in [-0.1, -0.05) is 48.7 Å². The second-order valence-electron chi connectivity index (χ2n) is 7.95. The lowest BCUT2D eigenvalue weighted by Gasteiger charge is -2.19. The normalized spacial score (nSPS) is 21.6. The Labute approximate surface area is 181 Å². The predicted octanol–water partition coefficient (Wildman–Crippen LogP) is 4.12. The molecule has 1 saturated heterocycles.